The van der Waals surface area contributed by atoms with Crippen LogP contribution in [-0.2, 0) is 16.1 Å². The van der Waals surface area contributed by atoms with E-state index in [1.165, 1.54) is 20.3 Å². The molecule has 0 radical (unpaired) electrons. The van der Waals surface area contributed by atoms with Gasteiger partial charge in [0.2, 0.25) is 5.76 Å². The number of H-pyrrole nitrogens is 1. The summed E-state index contributed by atoms with van der Waals surface area (Å²) in [4.78, 5) is 23.5. The number of aromatic amines is 1. The Balaban J connectivity index is 1.78. The quantitative estimate of drug-likeness (QED) is 0.567. The average Bonchev–Trinajstić information content (AvgIpc) is 3.41. The van der Waals surface area contributed by atoms with E-state index in [-0.39, 0.29) is 24.7 Å². The van der Waals surface area contributed by atoms with Gasteiger partial charge in [0.1, 0.15) is 18.1 Å². The molecule has 0 atom stereocenters. The molecule has 0 saturated heterocycles. The molecule has 10 nitrogen and oxygen atoms in total. The first-order chi connectivity index (χ1) is 14.1. The molecular weight excluding hydrogens is 382 g/mol. The molecule has 3 aromatic rings. The van der Waals surface area contributed by atoms with E-state index >= 15 is 0 Å². The maximum absolute atomic E-state index is 12.0. The van der Waals surface area contributed by atoms with Gasteiger partial charge < -0.3 is 23.4 Å². The van der Waals surface area contributed by atoms with Crippen molar-refractivity contribution >= 4 is 11.9 Å². The van der Waals surface area contributed by atoms with Gasteiger partial charge in [-0.05, 0) is 37.3 Å². The van der Waals surface area contributed by atoms with Gasteiger partial charge in [0, 0.05) is 5.56 Å². The van der Waals surface area contributed by atoms with Crippen LogP contribution < -0.4 is 9.47 Å². The molecule has 0 saturated carbocycles. The van der Waals surface area contributed by atoms with Crippen LogP contribution in [0.3, 0.4) is 0 Å². The third kappa shape index (κ3) is 4.37. The number of nitrogens with one attached hydrogen (secondary N) is 1. The molecule has 3 rings (SSSR count). The molecule has 0 fully saturated rings. The Morgan fingerprint density at radius 1 is 1.07 bits per heavy atom. The fourth-order valence-corrected chi connectivity index (χ4v) is 2.52. The molecule has 0 aliphatic heterocycles. The lowest BCUT2D eigenvalue weighted by Crippen LogP contribution is -2.06. The van der Waals surface area contributed by atoms with Gasteiger partial charge in [-0.3, -0.25) is 0 Å². The maximum atomic E-state index is 12.0. The first-order valence-electron chi connectivity index (χ1n) is 8.63. The third-order valence-corrected chi connectivity index (χ3v) is 3.87. The SMILES string of the molecule is CCOC(=O)c1n[nH]nc1-c1ccc(OCc2ccc(C(=O)OC)o2)c(OC)c1. The monoisotopic (exact) mass is 401 g/mol. The van der Waals surface area contributed by atoms with E-state index < -0.39 is 11.9 Å². The predicted octanol–water partition coefficient (Wildman–Crippen LogP) is 2.62. The van der Waals surface area contributed by atoms with Crippen molar-refractivity contribution in [3.63, 3.8) is 0 Å². The normalized spacial score (nSPS) is 10.4. The fourth-order valence-electron chi connectivity index (χ4n) is 2.52. The molecule has 152 valence electrons. The van der Waals surface area contributed by atoms with Crippen LogP contribution in [0.2, 0.25) is 0 Å². The lowest BCUT2D eigenvalue weighted by atomic mass is 10.1. The number of hydrogen-bond acceptors (Lipinski definition) is 9. The molecule has 0 aliphatic carbocycles. The van der Waals surface area contributed by atoms with Crippen LogP contribution in [0.1, 0.15) is 33.7 Å². The highest BCUT2D eigenvalue weighted by Crippen LogP contribution is 2.33. The molecular formula is C19H19N3O7. The highest BCUT2D eigenvalue weighted by molar-refractivity contribution is 5.94. The number of carbonyl (C=O) groups is 2. The maximum Gasteiger partial charge on any atom is 0.373 e. The summed E-state index contributed by atoms with van der Waals surface area (Å²) in [7, 11) is 2.76. The van der Waals surface area contributed by atoms with Crippen molar-refractivity contribution in [1.29, 1.82) is 0 Å². The Hall–Kier alpha value is -3.82. The zero-order valence-electron chi connectivity index (χ0n) is 16.1. The summed E-state index contributed by atoms with van der Waals surface area (Å²) in [5.41, 5.74) is 1.01. The number of esters is 2. The van der Waals surface area contributed by atoms with Crippen LogP contribution >= 0.6 is 0 Å². The number of rotatable bonds is 8. The van der Waals surface area contributed by atoms with Gasteiger partial charge in [0.25, 0.3) is 0 Å². The van der Waals surface area contributed by atoms with Crippen LogP contribution in [0.25, 0.3) is 11.3 Å². The van der Waals surface area contributed by atoms with Crippen molar-refractivity contribution in [3.8, 4) is 22.8 Å². The molecule has 29 heavy (non-hydrogen) atoms. The van der Waals surface area contributed by atoms with Gasteiger partial charge in [-0.1, -0.05) is 0 Å². The molecule has 2 heterocycles. The summed E-state index contributed by atoms with van der Waals surface area (Å²) >= 11 is 0. The van der Waals surface area contributed by atoms with Crippen LogP contribution in [-0.4, -0.2) is 48.2 Å². The minimum atomic E-state index is -0.574. The Morgan fingerprint density at radius 3 is 2.62 bits per heavy atom. The summed E-state index contributed by atoms with van der Waals surface area (Å²) in [6.45, 7) is 2.01. The van der Waals surface area contributed by atoms with Gasteiger partial charge in [-0.25, -0.2) is 9.59 Å². The van der Waals surface area contributed by atoms with Gasteiger partial charge in [0.05, 0.1) is 20.8 Å². The molecule has 0 bridgehead atoms. The van der Waals surface area contributed by atoms with E-state index in [1.54, 1.807) is 31.2 Å². The Bertz CT molecular complexity index is 1010. The zero-order valence-corrected chi connectivity index (χ0v) is 16.1. The number of nitrogens with zero attached hydrogens (tertiary/aromatic N) is 2. The van der Waals surface area contributed by atoms with Gasteiger partial charge in [0.15, 0.2) is 17.2 Å². The number of ether oxygens (including phenoxy) is 4. The van der Waals surface area contributed by atoms with Crippen molar-refractivity contribution in [2.24, 2.45) is 0 Å². The zero-order chi connectivity index (χ0) is 20.8. The smallest absolute Gasteiger partial charge is 0.373 e. The minimum Gasteiger partial charge on any atom is -0.493 e. The Kier molecular flexibility index (Phi) is 6.12. The first-order valence-corrected chi connectivity index (χ1v) is 8.63. The summed E-state index contributed by atoms with van der Waals surface area (Å²) in [5.74, 6) is 0.245. The first kappa shape index (κ1) is 19.9. The second-order valence-corrected chi connectivity index (χ2v) is 5.65. The molecule has 1 aromatic carbocycles. The number of furan rings is 1. The molecule has 1 N–H and O–H groups in total. The van der Waals surface area contributed by atoms with E-state index in [0.717, 1.165) is 0 Å². The van der Waals surface area contributed by atoms with E-state index in [1.807, 2.05) is 0 Å². The largest absolute Gasteiger partial charge is 0.493 e. The predicted molar refractivity (Wildman–Crippen MR) is 98.7 cm³/mol. The average molecular weight is 401 g/mol. The van der Waals surface area contributed by atoms with Crippen molar-refractivity contribution < 1.29 is 33.0 Å². The molecule has 0 amide bonds. The van der Waals surface area contributed by atoms with Crippen molar-refractivity contribution in [2.45, 2.75) is 13.5 Å². The summed E-state index contributed by atoms with van der Waals surface area (Å²) < 4.78 is 26.0. The standard InChI is InChI=1S/C19H19N3O7/c1-4-27-19(24)17-16(20-22-21-17)11-5-7-13(15(9-11)25-2)28-10-12-6-8-14(29-12)18(23)26-3/h5-9H,4,10H2,1-3H3,(H,20,21,22). The van der Waals surface area contributed by atoms with Gasteiger partial charge in [-0.15, -0.1) is 5.10 Å². The topological polar surface area (TPSA) is 126 Å². The van der Waals surface area contributed by atoms with Crippen molar-refractivity contribution in [1.82, 2.24) is 15.4 Å². The Labute approximate surface area is 165 Å². The highest BCUT2D eigenvalue weighted by atomic mass is 16.5. The molecule has 0 aliphatic rings. The Morgan fingerprint density at radius 2 is 1.90 bits per heavy atom. The molecule has 0 unspecified atom stereocenters. The molecule has 10 heteroatoms. The molecule has 0 spiro atoms. The van der Waals surface area contributed by atoms with Crippen LogP contribution in [0, 0.1) is 0 Å². The van der Waals surface area contributed by atoms with Crippen LogP contribution in [0.15, 0.2) is 34.7 Å². The van der Waals surface area contributed by atoms with Gasteiger partial charge in [-0.2, -0.15) is 10.3 Å². The van der Waals surface area contributed by atoms with E-state index in [0.29, 0.717) is 28.5 Å². The third-order valence-electron chi connectivity index (χ3n) is 3.87. The van der Waals surface area contributed by atoms with E-state index in [4.69, 9.17) is 18.6 Å². The van der Waals surface area contributed by atoms with E-state index in [9.17, 15) is 9.59 Å². The van der Waals surface area contributed by atoms with Crippen LogP contribution in [0.4, 0.5) is 0 Å². The number of methoxy groups -OCH3 is 2. The fraction of sp³-hybridized carbons (Fsp3) is 0.263. The van der Waals surface area contributed by atoms with Crippen molar-refractivity contribution in [2.75, 3.05) is 20.8 Å². The second kappa shape index (κ2) is 8.91. The second-order valence-electron chi connectivity index (χ2n) is 5.65. The van der Waals surface area contributed by atoms with E-state index in [2.05, 4.69) is 20.1 Å². The summed E-state index contributed by atoms with van der Waals surface area (Å²) in [6, 6.07) is 8.17. The lowest BCUT2D eigenvalue weighted by Gasteiger charge is -2.11. The summed E-state index contributed by atoms with van der Waals surface area (Å²) in [6.07, 6.45) is 0. The van der Waals surface area contributed by atoms with Gasteiger partial charge >= 0.3 is 11.9 Å². The molecule has 2 aromatic heterocycles. The number of hydrogen-bond donors (Lipinski definition) is 1. The lowest BCUT2D eigenvalue weighted by molar-refractivity contribution is 0.0518. The van der Waals surface area contributed by atoms with Crippen LogP contribution in [0.5, 0.6) is 11.5 Å². The highest BCUT2D eigenvalue weighted by Gasteiger charge is 2.20. The number of aromatic nitrogens is 3. The van der Waals surface area contributed by atoms with Crippen molar-refractivity contribution in [3.05, 3.63) is 47.5 Å². The minimum absolute atomic E-state index is 0.0741. The number of carbonyl (C=O) groups excluding carboxylic acids is 2. The number of benzene rings is 1. The summed E-state index contributed by atoms with van der Waals surface area (Å²) in [5, 5.41) is 10.3.